The fraction of sp³-hybridized carbons (Fsp3) is 0.0909. The molecule has 0 atom stereocenters. The summed E-state index contributed by atoms with van der Waals surface area (Å²) in [6.45, 7) is 1.87. The first-order valence-electron chi connectivity index (χ1n) is 4.37. The van der Waals surface area contributed by atoms with Crippen LogP contribution in [-0.2, 0) is 0 Å². The summed E-state index contributed by atoms with van der Waals surface area (Å²) in [6.07, 6.45) is 3.26. The van der Waals surface area contributed by atoms with Crippen LogP contribution in [0.15, 0.2) is 42.7 Å². The van der Waals surface area contributed by atoms with Gasteiger partial charge in [-0.15, -0.1) is 0 Å². The Kier molecular flexibility index (Phi) is 2.40. The number of benzene rings is 1. The molecular formula is C11H10N2O. The van der Waals surface area contributed by atoms with E-state index in [1.165, 1.54) is 0 Å². The number of ether oxygens (including phenoxy) is 1. The van der Waals surface area contributed by atoms with E-state index in [4.69, 9.17) is 4.74 Å². The largest absolute Gasteiger partial charge is 0.437 e. The molecule has 1 heterocycles. The zero-order chi connectivity index (χ0) is 9.80. The van der Waals surface area contributed by atoms with Crippen molar-refractivity contribution in [3.8, 4) is 11.6 Å². The van der Waals surface area contributed by atoms with Gasteiger partial charge in [0.15, 0.2) is 0 Å². The number of para-hydroxylation sites is 1. The van der Waals surface area contributed by atoms with E-state index in [-0.39, 0.29) is 0 Å². The number of aryl methyl sites for hydroxylation is 1. The first kappa shape index (κ1) is 8.69. The summed E-state index contributed by atoms with van der Waals surface area (Å²) >= 11 is 0. The maximum Gasteiger partial charge on any atom is 0.240 e. The van der Waals surface area contributed by atoms with Crippen LogP contribution in [0, 0.1) is 6.92 Å². The lowest BCUT2D eigenvalue weighted by atomic mass is 10.3. The Bertz CT molecular complexity index is 415. The lowest BCUT2D eigenvalue weighted by Crippen LogP contribution is -1.92. The second-order valence-corrected chi connectivity index (χ2v) is 2.86. The maximum absolute atomic E-state index is 5.54. The molecule has 0 spiro atoms. The zero-order valence-corrected chi connectivity index (χ0v) is 7.84. The summed E-state index contributed by atoms with van der Waals surface area (Å²) in [5.74, 6) is 1.33. The van der Waals surface area contributed by atoms with Crippen molar-refractivity contribution in [2.24, 2.45) is 0 Å². The highest BCUT2D eigenvalue weighted by atomic mass is 16.5. The van der Waals surface area contributed by atoms with Gasteiger partial charge in [0.25, 0.3) is 0 Å². The molecule has 0 bridgehead atoms. The molecule has 0 amide bonds. The molecule has 1 aromatic heterocycles. The lowest BCUT2D eigenvalue weighted by Gasteiger charge is -2.05. The van der Waals surface area contributed by atoms with Crippen molar-refractivity contribution in [1.82, 2.24) is 9.97 Å². The van der Waals surface area contributed by atoms with Crippen LogP contribution in [-0.4, -0.2) is 9.97 Å². The average molecular weight is 186 g/mol. The quantitative estimate of drug-likeness (QED) is 0.723. The fourth-order valence-electron chi connectivity index (χ4n) is 1.10. The zero-order valence-electron chi connectivity index (χ0n) is 7.84. The molecule has 3 nitrogen and oxygen atoms in total. The monoisotopic (exact) mass is 186 g/mol. The number of aromatic nitrogens is 2. The molecule has 3 heteroatoms. The van der Waals surface area contributed by atoms with Crippen LogP contribution in [0.5, 0.6) is 11.6 Å². The van der Waals surface area contributed by atoms with Gasteiger partial charge >= 0.3 is 0 Å². The average Bonchev–Trinajstić information content (AvgIpc) is 2.23. The lowest BCUT2D eigenvalue weighted by molar-refractivity contribution is 0.455. The summed E-state index contributed by atoms with van der Waals surface area (Å²) < 4.78 is 5.54. The van der Waals surface area contributed by atoms with E-state index in [9.17, 15) is 0 Å². The van der Waals surface area contributed by atoms with Gasteiger partial charge in [0.05, 0.1) is 5.69 Å². The first-order valence-corrected chi connectivity index (χ1v) is 4.37. The number of hydrogen-bond donors (Lipinski definition) is 0. The Hall–Kier alpha value is -1.90. The standard InChI is InChI=1S/C11H10N2O/c1-9-11(13-8-7-12-9)14-10-5-3-2-4-6-10/h2-8H,1H3. The van der Waals surface area contributed by atoms with Crippen molar-refractivity contribution in [2.45, 2.75) is 6.92 Å². The van der Waals surface area contributed by atoms with Crippen LogP contribution < -0.4 is 4.74 Å². The van der Waals surface area contributed by atoms with E-state index in [2.05, 4.69) is 9.97 Å². The van der Waals surface area contributed by atoms with Crippen molar-refractivity contribution in [2.75, 3.05) is 0 Å². The van der Waals surface area contributed by atoms with Gasteiger partial charge in [0.1, 0.15) is 5.75 Å². The van der Waals surface area contributed by atoms with E-state index in [0.29, 0.717) is 5.88 Å². The Balaban J connectivity index is 2.24. The van der Waals surface area contributed by atoms with Crippen molar-refractivity contribution in [3.05, 3.63) is 48.4 Å². The minimum atomic E-state index is 0.554. The molecular weight excluding hydrogens is 176 g/mol. The highest BCUT2D eigenvalue weighted by Crippen LogP contribution is 2.19. The van der Waals surface area contributed by atoms with Crippen LogP contribution in [0.4, 0.5) is 0 Å². The topological polar surface area (TPSA) is 35.0 Å². The molecule has 14 heavy (non-hydrogen) atoms. The first-order chi connectivity index (χ1) is 6.86. The minimum absolute atomic E-state index is 0.554. The molecule has 0 unspecified atom stereocenters. The molecule has 0 aliphatic heterocycles. The third-order valence-electron chi connectivity index (χ3n) is 1.79. The molecule has 70 valence electrons. The van der Waals surface area contributed by atoms with Crippen LogP contribution in [0.2, 0.25) is 0 Å². The smallest absolute Gasteiger partial charge is 0.240 e. The summed E-state index contributed by atoms with van der Waals surface area (Å²) in [5, 5.41) is 0. The van der Waals surface area contributed by atoms with Gasteiger partial charge in [-0.2, -0.15) is 0 Å². The SMILES string of the molecule is Cc1nccnc1Oc1ccccc1. The van der Waals surface area contributed by atoms with Crippen LogP contribution in [0.1, 0.15) is 5.69 Å². The Morgan fingerprint density at radius 2 is 1.71 bits per heavy atom. The number of rotatable bonds is 2. The van der Waals surface area contributed by atoms with Crippen molar-refractivity contribution in [3.63, 3.8) is 0 Å². The summed E-state index contributed by atoms with van der Waals surface area (Å²) in [5.41, 5.74) is 0.788. The van der Waals surface area contributed by atoms with Crippen LogP contribution in [0.3, 0.4) is 0 Å². The molecule has 0 fully saturated rings. The van der Waals surface area contributed by atoms with Crippen molar-refractivity contribution in [1.29, 1.82) is 0 Å². The van der Waals surface area contributed by atoms with E-state index in [0.717, 1.165) is 11.4 Å². The van der Waals surface area contributed by atoms with Gasteiger partial charge in [-0.3, -0.25) is 4.98 Å². The van der Waals surface area contributed by atoms with E-state index < -0.39 is 0 Å². The highest BCUT2D eigenvalue weighted by Gasteiger charge is 2.01. The summed E-state index contributed by atoms with van der Waals surface area (Å²) in [7, 11) is 0. The molecule has 1 aromatic carbocycles. The predicted octanol–water partition coefficient (Wildman–Crippen LogP) is 2.58. The Labute approximate surface area is 82.4 Å². The number of nitrogens with zero attached hydrogens (tertiary/aromatic N) is 2. The van der Waals surface area contributed by atoms with E-state index >= 15 is 0 Å². The Morgan fingerprint density at radius 1 is 1.00 bits per heavy atom. The second kappa shape index (κ2) is 3.87. The molecule has 0 saturated carbocycles. The van der Waals surface area contributed by atoms with Crippen molar-refractivity contribution >= 4 is 0 Å². The van der Waals surface area contributed by atoms with E-state index in [1.54, 1.807) is 12.4 Å². The van der Waals surface area contributed by atoms with Gasteiger partial charge in [-0.05, 0) is 19.1 Å². The van der Waals surface area contributed by atoms with Gasteiger partial charge < -0.3 is 4.74 Å². The molecule has 0 saturated heterocycles. The third kappa shape index (κ3) is 1.88. The van der Waals surface area contributed by atoms with E-state index in [1.807, 2.05) is 37.3 Å². The van der Waals surface area contributed by atoms with Gasteiger partial charge in [-0.25, -0.2) is 4.98 Å². The summed E-state index contributed by atoms with van der Waals surface area (Å²) in [6, 6.07) is 9.54. The normalized spacial score (nSPS) is 9.79. The van der Waals surface area contributed by atoms with Crippen LogP contribution >= 0.6 is 0 Å². The molecule has 0 aliphatic carbocycles. The van der Waals surface area contributed by atoms with Gasteiger partial charge in [0.2, 0.25) is 5.88 Å². The number of hydrogen-bond acceptors (Lipinski definition) is 3. The Morgan fingerprint density at radius 3 is 2.43 bits per heavy atom. The highest BCUT2D eigenvalue weighted by molar-refractivity contribution is 5.27. The maximum atomic E-state index is 5.54. The molecule has 2 rings (SSSR count). The third-order valence-corrected chi connectivity index (χ3v) is 1.79. The van der Waals surface area contributed by atoms with Crippen LogP contribution in [0.25, 0.3) is 0 Å². The van der Waals surface area contributed by atoms with Gasteiger partial charge in [0, 0.05) is 12.4 Å². The molecule has 2 aromatic rings. The predicted molar refractivity (Wildman–Crippen MR) is 53.3 cm³/mol. The van der Waals surface area contributed by atoms with Crippen molar-refractivity contribution < 1.29 is 4.74 Å². The minimum Gasteiger partial charge on any atom is -0.437 e. The molecule has 0 N–H and O–H groups in total. The van der Waals surface area contributed by atoms with Gasteiger partial charge in [-0.1, -0.05) is 18.2 Å². The molecule has 0 radical (unpaired) electrons. The second-order valence-electron chi connectivity index (χ2n) is 2.86. The molecule has 0 aliphatic rings. The summed E-state index contributed by atoms with van der Waals surface area (Å²) in [4.78, 5) is 8.18. The fourth-order valence-corrected chi connectivity index (χ4v) is 1.10.